The van der Waals surface area contributed by atoms with Gasteiger partial charge in [0.2, 0.25) is 0 Å². The van der Waals surface area contributed by atoms with Crippen molar-refractivity contribution in [3.8, 4) is 5.75 Å². The van der Waals surface area contributed by atoms with E-state index in [-0.39, 0.29) is 5.75 Å². The lowest BCUT2D eigenvalue weighted by atomic mass is 9.60. The maximum Gasteiger partial charge on any atom is 0.573 e. The summed E-state index contributed by atoms with van der Waals surface area (Å²) in [5.74, 6) is -0.326. The van der Waals surface area contributed by atoms with Crippen LogP contribution in [0, 0.1) is 5.41 Å². The molecule has 26 heavy (non-hydrogen) atoms. The zero-order valence-corrected chi connectivity index (χ0v) is 15.6. The first-order chi connectivity index (χ1) is 12.2. The van der Waals surface area contributed by atoms with Crippen molar-refractivity contribution in [3.05, 3.63) is 58.3 Å². The van der Waals surface area contributed by atoms with Gasteiger partial charge < -0.3 is 15.2 Å². The van der Waals surface area contributed by atoms with E-state index in [0.717, 1.165) is 0 Å². The van der Waals surface area contributed by atoms with Gasteiger partial charge in [-0.05, 0) is 46.1 Å². The summed E-state index contributed by atoms with van der Waals surface area (Å²) in [6, 6.07) is 7.15. The van der Waals surface area contributed by atoms with Gasteiger partial charge in [-0.2, -0.15) is 0 Å². The average Bonchev–Trinajstić information content (AvgIpc) is 2.53. The van der Waals surface area contributed by atoms with Crippen molar-refractivity contribution in [1.29, 1.82) is 0 Å². The highest BCUT2D eigenvalue weighted by atomic mass is 79.9. The van der Waals surface area contributed by atoms with Gasteiger partial charge in [-0.15, -0.1) is 13.2 Å². The molecule has 1 aromatic carbocycles. The molecular weight excluding hydrogens is 413 g/mol. The van der Waals surface area contributed by atoms with Gasteiger partial charge in [-0.25, -0.2) is 0 Å². The predicted molar refractivity (Wildman–Crippen MR) is 93.7 cm³/mol. The number of halogens is 4. The molecule has 2 N–H and O–H groups in total. The predicted octanol–water partition coefficient (Wildman–Crippen LogP) is 3.98. The molecule has 1 aliphatic rings. The van der Waals surface area contributed by atoms with Crippen LogP contribution in [0.2, 0.25) is 0 Å². The largest absolute Gasteiger partial charge is 0.573 e. The summed E-state index contributed by atoms with van der Waals surface area (Å²) in [7, 11) is 0. The summed E-state index contributed by atoms with van der Waals surface area (Å²) in [6.45, 7) is 3.17. The molecule has 1 saturated heterocycles. The fourth-order valence-corrected chi connectivity index (χ4v) is 3.84. The number of aliphatic hydroxyl groups is 1. The second-order valence-electron chi connectivity index (χ2n) is 6.41. The number of alkyl halides is 3. The third kappa shape index (κ3) is 3.33. The van der Waals surface area contributed by atoms with Crippen LogP contribution in [0.1, 0.15) is 24.5 Å². The third-order valence-electron chi connectivity index (χ3n) is 5.00. The van der Waals surface area contributed by atoms with Crippen molar-refractivity contribution in [2.45, 2.75) is 25.3 Å². The van der Waals surface area contributed by atoms with Crippen molar-refractivity contribution in [2.75, 3.05) is 13.1 Å². The molecule has 0 aliphatic carbocycles. The first-order valence-electron chi connectivity index (χ1n) is 8.11. The minimum Gasteiger partial charge on any atom is -0.406 e. The van der Waals surface area contributed by atoms with E-state index in [2.05, 4.69) is 31.0 Å². The average molecular weight is 431 g/mol. The molecule has 1 aliphatic heterocycles. The van der Waals surface area contributed by atoms with Gasteiger partial charge in [0.05, 0.1) is 0 Å². The molecule has 2 heterocycles. The fraction of sp³-hybridized carbons (Fsp3) is 0.389. The van der Waals surface area contributed by atoms with E-state index in [9.17, 15) is 18.3 Å². The van der Waals surface area contributed by atoms with Crippen molar-refractivity contribution in [3.63, 3.8) is 0 Å². The number of rotatable bonds is 5. The Kier molecular flexibility index (Phi) is 5.02. The van der Waals surface area contributed by atoms with Gasteiger partial charge in [0, 0.05) is 40.9 Å². The number of hydrogen-bond donors (Lipinski definition) is 2. The Morgan fingerprint density at radius 3 is 2.31 bits per heavy atom. The lowest BCUT2D eigenvalue weighted by Crippen LogP contribution is -2.64. The second-order valence-corrected chi connectivity index (χ2v) is 7.33. The molecule has 4 nitrogen and oxygen atoms in total. The molecule has 0 amide bonds. The SMILES string of the molecule is CCC1([C@@](O)(c2ccc(OC(F)(F)F)cc2)c2cncc(Br)c2)CNC1. The summed E-state index contributed by atoms with van der Waals surface area (Å²) in [4.78, 5) is 4.15. The highest BCUT2D eigenvalue weighted by Crippen LogP contribution is 2.50. The normalized spacial score (nSPS) is 18.7. The minimum atomic E-state index is -4.76. The third-order valence-corrected chi connectivity index (χ3v) is 5.43. The lowest BCUT2D eigenvalue weighted by molar-refractivity contribution is -0.274. The topological polar surface area (TPSA) is 54.4 Å². The van der Waals surface area contributed by atoms with Gasteiger partial charge in [-0.1, -0.05) is 19.1 Å². The van der Waals surface area contributed by atoms with Crippen LogP contribution in [-0.2, 0) is 5.60 Å². The van der Waals surface area contributed by atoms with Crippen molar-refractivity contribution >= 4 is 15.9 Å². The van der Waals surface area contributed by atoms with Crippen LogP contribution in [0.5, 0.6) is 5.75 Å². The Morgan fingerprint density at radius 1 is 1.19 bits per heavy atom. The van der Waals surface area contributed by atoms with E-state index in [1.165, 1.54) is 24.3 Å². The molecule has 0 unspecified atom stereocenters. The number of ether oxygens (including phenoxy) is 1. The maximum atomic E-state index is 12.4. The molecule has 2 aromatic rings. The molecule has 140 valence electrons. The second kappa shape index (κ2) is 6.83. The van der Waals surface area contributed by atoms with E-state index in [1.807, 2.05) is 6.92 Å². The Morgan fingerprint density at radius 2 is 1.85 bits per heavy atom. The molecule has 1 aromatic heterocycles. The molecule has 0 saturated carbocycles. The van der Waals surface area contributed by atoms with Crippen molar-refractivity contribution in [1.82, 2.24) is 10.3 Å². The molecule has 1 atom stereocenters. The lowest BCUT2D eigenvalue weighted by Gasteiger charge is -2.53. The molecular formula is C18H18BrF3N2O2. The van der Waals surface area contributed by atoms with Gasteiger partial charge >= 0.3 is 6.36 Å². The fourth-order valence-electron chi connectivity index (χ4n) is 3.48. The molecule has 8 heteroatoms. The van der Waals surface area contributed by atoms with Crippen LogP contribution in [0.15, 0.2) is 47.2 Å². The standard InChI is InChI=1S/C18H18BrF3N2O2/c1-2-16(10-24-11-16)17(25,13-7-14(19)9-23-8-13)12-3-5-15(6-4-12)26-18(20,21)22/h3-9,24-25H,2,10-11H2,1H3/t17-/m1/s1. The quantitative estimate of drug-likeness (QED) is 0.753. The molecule has 0 spiro atoms. The highest BCUT2D eigenvalue weighted by Gasteiger charge is 2.55. The van der Waals surface area contributed by atoms with Crippen LogP contribution in [0.4, 0.5) is 13.2 Å². The number of aromatic nitrogens is 1. The monoisotopic (exact) mass is 430 g/mol. The number of benzene rings is 1. The van der Waals surface area contributed by atoms with Gasteiger partial charge in [-0.3, -0.25) is 4.98 Å². The highest BCUT2D eigenvalue weighted by molar-refractivity contribution is 9.10. The number of hydrogen-bond acceptors (Lipinski definition) is 4. The van der Waals surface area contributed by atoms with E-state index < -0.39 is 17.4 Å². The molecule has 3 rings (SSSR count). The zero-order valence-electron chi connectivity index (χ0n) is 14.0. The number of pyridine rings is 1. The Balaban J connectivity index is 2.07. The van der Waals surface area contributed by atoms with E-state index >= 15 is 0 Å². The molecule has 1 fully saturated rings. The van der Waals surface area contributed by atoms with E-state index in [1.54, 1.807) is 18.5 Å². The van der Waals surface area contributed by atoms with Crippen LogP contribution in [-0.4, -0.2) is 29.5 Å². The van der Waals surface area contributed by atoms with E-state index in [0.29, 0.717) is 35.1 Å². The van der Waals surface area contributed by atoms with Crippen molar-refractivity contribution in [2.24, 2.45) is 5.41 Å². The van der Waals surface area contributed by atoms with Crippen LogP contribution < -0.4 is 10.1 Å². The van der Waals surface area contributed by atoms with Gasteiger partial charge in [0.15, 0.2) is 0 Å². The van der Waals surface area contributed by atoms with Crippen LogP contribution in [0.25, 0.3) is 0 Å². The van der Waals surface area contributed by atoms with Crippen molar-refractivity contribution < 1.29 is 23.0 Å². The van der Waals surface area contributed by atoms with Gasteiger partial charge in [0.25, 0.3) is 0 Å². The number of nitrogens with zero attached hydrogens (tertiary/aromatic N) is 1. The smallest absolute Gasteiger partial charge is 0.406 e. The van der Waals surface area contributed by atoms with Crippen LogP contribution >= 0.6 is 15.9 Å². The Hall–Kier alpha value is -1.64. The minimum absolute atomic E-state index is 0.326. The summed E-state index contributed by atoms with van der Waals surface area (Å²) < 4.78 is 41.8. The van der Waals surface area contributed by atoms with E-state index in [4.69, 9.17) is 0 Å². The first kappa shape index (κ1) is 19.1. The first-order valence-corrected chi connectivity index (χ1v) is 8.90. The maximum absolute atomic E-state index is 12.4. The summed E-state index contributed by atoms with van der Waals surface area (Å²) in [5, 5.41) is 15.0. The molecule has 0 radical (unpaired) electrons. The van der Waals surface area contributed by atoms with Crippen LogP contribution in [0.3, 0.4) is 0 Å². The summed E-state index contributed by atoms with van der Waals surface area (Å²) in [5.41, 5.74) is -0.808. The summed E-state index contributed by atoms with van der Waals surface area (Å²) in [6.07, 6.45) is -0.874. The molecule has 0 bridgehead atoms. The number of nitrogens with one attached hydrogen (secondary N) is 1. The summed E-state index contributed by atoms with van der Waals surface area (Å²) >= 11 is 3.37. The Bertz CT molecular complexity index is 773. The van der Waals surface area contributed by atoms with Gasteiger partial charge in [0.1, 0.15) is 11.4 Å². The Labute approximate surface area is 157 Å². The zero-order chi connectivity index (χ0) is 19.0.